The van der Waals surface area contributed by atoms with Crippen molar-refractivity contribution in [3.63, 3.8) is 0 Å². The molecule has 0 fully saturated rings. The fourth-order valence-electron chi connectivity index (χ4n) is 2.98. The quantitative estimate of drug-likeness (QED) is 0.174. The molecule has 0 bridgehead atoms. The molecule has 0 radical (unpaired) electrons. The van der Waals surface area contributed by atoms with E-state index < -0.39 is 29.7 Å². The zero-order valence-corrected chi connectivity index (χ0v) is 23.0. The predicted molar refractivity (Wildman–Crippen MR) is 141 cm³/mol. The van der Waals surface area contributed by atoms with Gasteiger partial charge in [0.25, 0.3) is 10.0 Å². The Balaban J connectivity index is 1.48. The van der Waals surface area contributed by atoms with Crippen molar-refractivity contribution < 1.29 is 26.8 Å². The Morgan fingerprint density at radius 2 is 1.83 bits per heavy atom. The lowest BCUT2D eigenvalue weighted by Crippen LogP contribution is -2.25. The van der Waals surface area contributed by atoms with Gasteiger partial charge in [-0.15, -0.1) is 11.3 Å². The molecule has 0 aliphatic heterocycles. The van der Waals surface area contributed by atoms with Crippen LogP contribution in [0.2, 0.25) is 10.0 Å². The van der Waals surface area contributed by atoms with E-state index in [1.165, 1.54) is 36.4 Å². The molecule has 7 nitrogen and oxygen atoms in total. The molecule has 0 aliphatic rings. The summed E-state index contributed by atoms with van der Waals surface area (Å²) in [6.07, 6.45) is -0.881. The van der Waals surface area contributed by atoms with Crippen LogP contribution in [0.4, 0.5) is 15.8 Å². The smallest absolute Gasteiger partial charge is 0.391 e. The SMILES string of the molecule is O=P(O)(CNS(=O)(=O)c1cc2c(Cl)ccc(Cl)c2s1)Oc1ccc(Br)c(Nc2cccc(F)c2)c1. The molecule has 14 heteroatoms. The lowest BCUT2D eigenvalue weighted by atomic mass is 10.2. The van der Waals surface area contributed by atoms with Crippen molar-refractivity contribution in [1.82, 2.24) is 4.72 Å². The van der Waals surface area contributed by atoms with Crippen LogP contribution in [0.1, 0.15) is 0 Å². The van der Waals surface area contributed by atoms with E-state index in [1.807, 2.05) is 0 Å². The van der Waals surface area contributed by atoms with Gasteiger partial charge in [0, 0.05) is 26.6 Å². The van der Waals surface area contributed by atoms with Crippen LogP contribution in [0.25, 0.3) is 10.1 Å². The Labute approximate surface area is 222 Å². The third-order valence-corrected chi connectivity index (χ3v) is 10.3. The molecule has 1 atom stereocenters. The normalized spacial score (nSPS) is 13.5. The highest BCUT2D eigenvalue weighted by Crippen LogP contribution is 2.44. The molecule has 4 aromatic rings. The van der Waals surface area contributed by atoms with Crippen LogP contribution < -0.4 is 14.6 Å². The van der Waals surface area contributed by atoms with E-state index in [2.05, 4.69) is 26.0 Å². The number of hydrogen-bond donors (Lipinski definition) is 3. The minimum Gasteiger partial charge on any atom is -0.424 e. The standard InChI is InChI=1S/C21H15BrCl2FN2O5PS2/c22-16-5-4-14(9-19(16)27-13-3-1-2-12(25)8-13)32-33(28,29)11-26-35(30,31)20-10-15-17(23)6-7-18(24)21(15)34-20/h1-10,26-27H,11H2,(H,28,29). The Morgan fingerprint density at radius 1 is 1.09 bits per heavy atom. The molecule has 0 aliphatic carbocycles. The summed E-state index contributed by atoms with van der Waals surface area (Å²) in [6.45, 7) is 0. The molecule has 0 spiro atoms. The summed E-state index contributed by atoms with van der Waals surface area (Å²) in [5.74, 6) is -0.439. The highest BCUT2D eigenvalue weighted by molar-refractivity contribution is 9.10. The fraction of sp³-hybridized carbons (Fsp3) is 0.0476. The molecule has 3 aromatic carbocycles. The maximum Gasteiger partial charge on any atom is 0.391 e. The molecule has 35 heavy (non-hydrogen) atoms. The third kappa shape index (κ3) is 6.36. The molecule has 3 N–H and O–H groups in total. The van der Waals surface area contributed by atoms with Gasteiger partial charge in [-0.3, -0.25) is 0 Å². The number of rotatable bonds is 8. The summed E-state index contributed by atoms with van der Waals surface area (Å²) < 4.78 is 59.8. The average molecular weight is 640 g/mol. The third-order valence-electron chi connectivity index (χ3n) is 4.57. The number of halogens is 4. The average Bonchev–Trinajstić information content (AvgIpc) is 3.26. The minimum atomic E-state index is -4.45. The lowest BCUT2D eigenvalue weighted by Gasteiger charge is -2.16. The molecular formula is C21H15BrCl2FN2O5PS2. The number of nitrogens with one attached hydrogen (secondary N) is 2. The second-order valence-electron chi connectivity index (χ2n) is 7.15. The molecule has 4 rings (SSSR count). The Kier molecular flexibility index (Phi) is 7.80. The highest BCUT2D eigenvalue weighted by atomic mass is 79.9. The van der Waals surface area contributed by atoms with Crippen LogP contribution in [0, 0.1) is 5.82 Å². The number of thiophene rings is 1. The van der Waals surface area contributed by atoms with E-state index in [-0.39, 0.29) is 9.96 Å². The van der Waals surface area contributed by atoms with Gasteiger partial charge in [-0.05, 0) is 64.5 Å². The second-order valence-corrected chi connectivity index (χ2v) is 13.6. The van der Waals surface area contributed by atoms with Crippen molar-refractivity contribution in [2.45, 2.75) is 4.21 Å². The Hall–Kier alpha value is -1.69. The van der Waals surface area contributed by atoms with Crippen molar-refractivity contribution in [1.29, 1.82) is 0 Å². The summed E-state index contributed by atoms with van der Waals surface area (Å²) in [6, 6.07) is 14.6. The predicted octanol–water partition coefficient (Wildman–Crippen LogP) is 7.35. The van der Waals surface area contributed by atoms with Gasteiger partial charge in [-0.2, -0.15) is 4.72 Å². The van der Waals surface area contributed by atoms with Crippen LogP contribution in [0.3, 0.4) is 0 Å². The first kappa shape index (κ1) is 26.4. The van der Waals surface area contributed by atoms with E-state index in [4.69, 9.17) is 27.7 Å². The summed E-state index contributed by atoms with van der Waals surface area (Å²) in [7, 11) is -8.61. The Morgan fingerprint density at radius 3 is 2.54 bits per heavy atom. The maximum atomic E-state index is 13.5. The van der Waals surface area contributed by atoms with Gasteiger partial charge < -0.3 is 14.7 Å². The van der Waals surface area contributed by atoms with Gasteiger partial charge in [-0.1, -0.05) is 29.3 Å². The van der Waals surface area contributed by atoms with Crippen molar-refractivity contribution in [2.24, 2.45) is 0 Å². The summed E-state index contributed by atoms with van der Waals surface area (Å²) in [5.41, 5.74) is 0.888. The van der Waals surface area contributed by atoms with E-state index in [1.54, 1.807) is 24.3 Å². The lowest BCUT2D eigenvalue weighted by molar-refractivity contribution is 0.378. The summed E-state index contributed by atoms with van der Waals surface area (Å²) >= 11 is 16.5. The van der Waals surface area contributed by atoms with Gasteiger partial charge in [0.1, 0.15) is 22.1 Å². The minimum absolute atomic E-state index is 0.00226. The topological polar surface area (TPSA) is 105 Å². The number of hydrogen-bond acceptors (Lipinski definition) is 6. The van der Waals surface area contributed by atoms with Crippen molar-refractivity contribution in [3.8, 4) is 5.75 Å². The van der Waals surface area contributed by atoms with Gasteiger partial charge >= 0.3 is 7.60 Å². The molecule has 184 valence electrons. The molecule has 1 aromatic heterocycles. The highest BCUT2D eigenvalue weighted by Gasteiger charge is 2.27. The molecule has 0 saturated heterocycles. The van der Waals surface area contributed by atoms with Gasteiger partial charge in [-0.25, -0.2) is 17.4 Å². The molecule has 0 saturated carbocycles. The number of sulfonamides is 1. The maximum absolute atomic E-state index is 13.5. The van der Waals surface area contributed by atoms with Crippen LogP contribution in [0.5, 0.6) is 5.75 Å². The first-order valence-corrected chi connectivity index (χ1v) is 15.3. The van der Waals surface area contributed by atoms with Crippen LogP contribution in [0.15, 0.2) is 69.3 Å². The largest absolute Gasteiger partial charge is 0.424 e. The number of anilines is 2. The van der Waals surface area contributed by atoms with Gasteiger partial charge in [0.05, 0.1) is 15.4 Å². The van der Waals surface area contributed by atoms with Crippen molar-refractivity contribution in [3.05, 3.63) is 81.0 Å². The second kappa shape index (κ2) is 10.4. The summed E-state index contributed by atoms with van der Waals surface area (Å²) in [4.78, 5) is 10.3. The monoisotopic (exact) mass is 638 g/mol. The fourth-order valence-corrected chi connectivity index (χ4v) is 7.82. The molecule has 0 amide bonds. The van der Waals surface area contributed by atoms with E-state index >= 15 is 0 Å². The van der Waals surface area contributed by atoms with E-state index in [0.29, 0.717) is 36.0 Å². The first-order chi connectivity index (χ1) is 16.4. The Bertz CT molecular complexity index is 1550. The number of fused-ring (bicyclic) bond motifs is 1. The zero-order chi connectivity index (χ0) is 25.4. The van der Waals surface area contributed by atoms with E-state index in [0.717, 1.165) is 11.3 Å². The molecule has 1 heterocycles. The van der Waals surface area contributed by atoms with Crippen LogP contribution in [-0.2, 0) is 14.6 Å². The first-order valence-electron chi connectivity index (χ1n) is 9.64. The van der Waals surface area contributed by atoms with Crippen molar-refractivity contribution in [2.75, 3.05) is 11.6 Å². The number of benzene rings is 3. The van der Waals surface area contributed by atoms with Gasteiger partial charge in [0.2, 0.25) is 0 Å². The van der Waals surface area contributed by atoms with Crippen LogP contribution in [-0.4, -0.2) is 19.6 Å². The summed E-state index contributed by atoms with van der Waals surface area (Å²) in [5, 5.41) is 4.10. The van der Waals surface area contributed by atoms with Crippen LogP contribution >= 0.6 is 58.1 Å². The van der Waals surface area contributed by atoms with E-state index in [9.17, 15) is 22.3 Å². The van der Waals surface area contributed by atoms with Crippen molar-refractivity contribution >= 4 is 89.5 Å². The van der Waals surface area contributed by atoms with Gasteiger partial charge in [0.15, 0.2) is 0 Å². The molecular weight excluding hydrogens is 625 g/mol. The molecule has 1 unspecified atom stereocenters. The zero-order valence-electron chi connectivity index (χ0n) is 17.3.